The zero-order valence-electron chi connectivity index (χ0n) is 10.4. The van der Waals surface area contributed by atoms with Crippen molar-refractivity contribution in [2.75, 3.05) is 7.05 Å². The molecule has 0 saturated heterocycles. The van der Waals surface area contributed by atoms with Crippen molar-refractivity contribution in [2.24, 2.45) is 0 Å². The van der Waals surface area contributed by atoms with Crippen LogP contribution in [0.2, 0.25) is 0 Å². The van der Waals surface area contributed by atoms with Crippen LogP contribution in [0.1, 0.15) is 22.7 Å². The number of nitrogens with one attached hydrogen (secondary N) is 1. The van der Waals surface area contributed by atoms with Gasteiger partial charge in [0.05, 0.1) is 0 Å². The number of hydrogen-bond donors (Lipinski definition) is 1. The summed E-state index contributed by atoms with van der Waals surface area (Å²) in [6.07, 6.45) is 4.68. The number of pyridine rings is 1. The first-order chi connectivity index (χ1) is 8.29. The molecular weight excluding hydrogens is 208 g/mol. The molecule has 2 heteroatoms. The maximum Gasteiger partial charge on any atom is 0.0358 e. The number of nitrogens with zero attached hydrogens (tertiary/aromatic N) is 1. The molecule has 1 aromatic carbocycles. The average molecular weight is 226 g/mol. The molecule has 1 N–H and O–H groups in total. The first-order valence-corrected chi connectivity index (χ1v) is 5.92. The van der Waals surface area contributed by atoms with Crippen molar-refractivity contribution in [3.8, 4) is 0 Å². The van der Waals surface area contributed by atoms with Gasteiger partial charge >= 0.3 is 0 Å². The first kappa shape index (κ1) is 11.8. The van der Waals surface area contributed by atoms with Crippen molar-refractivity contribution in [1.29, 1.82) is 0 Å². The highest BCUT2D eigenvalue weighted by Crippen LogP contribution is 2.18. The summed E-state index contributed by atoms with van der Waals surface area (Å²) in [7, 11) is 2.01. The zero-order valence-corrected chi connectivity index (χ0v) is 10.4. The number of aromatic nitrogens is 1. The van der Waals surface area contributed by atoms with Crippen molar-refractivity contribution in [3.05, 3.63) is 65.5 Å². The fraction of sp³-hybridized carbons (Fsp3) is 0.267. The van der Waals surface area contributed by atoms with Crippen LogP contribution < -0.4 is 5.32 Å². The smallest absolute Gasteiger partial charge is 0.0358 e. The molecule has 1 atom stereocenters. The van der Waals surface area contributed by atoms with Gasteiger partial charge in [0, 0.05) is 18.4 Å². The molecule has 88 valence electrons. The minimum Gasteiger partial charge on any atom is -0.313 e. The third-order valence-corrected chi connectivity index (χ3v) is 3.02. The molecule has 0 aliphatic heterocycles. The van der Waals surface area contributed by atoms with Gasteiger partial charge < -0.3 is 5.32 Å². The van der Waals surface area contributed by atoms with E-state index in [1.807, 2.05) is 19.4 Å². The maximum absolute atomic E-state index is 4.04. The van der Waals surface area contributed by atoms with E-state index in [1.165, 1.54) is 16.7 Å². The van der Waals surface area contributed by atoms with Crippen molar-refractivity contribution in [3.63, 3.8) is 0 Å². The monoisotopic (exact) mass is 226 g/mol. The Morgan fingerprint density at radius 3 is 2.29 bits per heavy atom. The van der Waals surface area contributed by atoms with Gasteiger partial charge in [-0.2, -0.15) is 0 Å². The molecule has 0 aliphatic carbocycles. The lowest BCUT2D eigenvalue weighted by atomic mass is 9.99. The summed E-state index contributed by atoms with van der Waals surface area (Å²) in [5.74, 6) is 0. The summed E-state index contributed by atoms with van der Waals surface area (Å²) < 4.78 is 0. The molecule has 0 fully saturated rings. The molecule has 0 spiro atoms. The van der Waals surface area contributed by atoms with E-state index in [2.05, 4.69) is 53.6 Å². The summed E-state index contributed by atoms with van der Waals surface area (Å²) in [6.45, 7) is 2.11. The Morgan fingerprint density at radius 2 is 1.71 bits per heavy atom. The Labute approximate surface area is 103 Å². The van der Waals surface area contributed by atoms with E-state index in [0.717, 1.165) is 6.42 Å². The molecule has 2 aromatic rings. The van der Waals surface area contributed by atoms with Gasteiger partial charge in [-0.3, -0.25) is 4.98 Å². The SMILES string of the molecule is CN[C@H](Cc1ccncc1)c1ccc(C)cc1. The normalized spacial score (nSPS) is 12.4. The summed E-state index contributed by atoms with van der Waals surface area (Å²) in [6, 6.07) is 13.2. The van der Waals surface area contributed by atoms with Crippen LogP contribution in [0.5, 0.6) is 0 Å². The molecular formula is C15H18N2. The number of aryl methyl sites for hydroxylation is 1. The Morgan fingerprint density at radius 1 is 1.06 bits per heavy atom. The van der Waals surface area contributed by atoms with Crippen LogP contribution in [0.15, 0.2) is 48.8 Å². The third-order valence-electron chi connectivity index (χ3n) is 3.02. The molecule has 2 rings (SSSR count). The van der Waals surface area contributed by atoms with Crippen LogP contribution in [0, 0.1) is 6.92 Å². The van der Waals surface area contributed by atoms with Crippen LogP contribution in [0.3, 0.4) is 0 Å². The van der Waals surface area contributed by atoms with E-state index < -0.39 is 0 Å². The predicted octanol–water partition coefficient (Wildman–Crippen LogP) is 2.89. The lowest BCUT2D eigenvalue weighted by Crippen LogP contribution is -2.18. The molecule has 0 radical (unpaired) electrons. The Kier molecular flexibility index (Phi) is 3.89. The van der Waals surface area contributed by atoms with Crippen LogP contribution in [-0.2, 0) is 6.42 Å². The van der Waals surface area contributed by atoms with Gasteiger partial charge in [0.25, 0.3) is 0 Å². The lowest BCUT2D eigenvalue weighted by Gasteiger charge is -2.16. The molecule has 0 aliphatic rings. The Hall–Kier alpha value is -1.67. The quantitative estimate of drug-likeness (QED) is 0.867. The molecule has 2 nitrogen and oxygen atoms in total. The second kappa shape index (κ2) is 5.60. The van der Waals surface area contributed by atoms with Crippen molar-refractivity contribution in [1.82, 2.24) is 10.3 Å². The fourth-order valence-electron chi connectivity index (χ4n) is 1.94. The summed E-state index contributed by atoms with van der Waals surface area (Å²) in [5, 5.41) is 3.37. The third kappa shape index (κ3) is 3.14. The topological polar surface area (TPSA) is 24.9 Å². The highest BCUT2D eigenvalue weighted by molar-refractivity contribution is 5.26. The minimum atomic E-state index is 0.359. The highest BCUT2D eigenvalue weighted by Gasteiger charge is 2.09. The Bertz CT molecular complexity index is 448. The molecule has 1 aromatic heterocycles. The van der Waals surface area contributed by atoms with E-state index in [1.54, 1.807) is 0 Å². The summed E-state index contributed by atoms with van der Waals surface area (Å²) in [4.78, 5) is 4.04. The van der Waals surface area contributed by atoms with E-state index in [0.29, 0.717) is 6.04 Å². The molecule has 0 bridgehead atoms. The minimum absolute atomic E-state index is 0.359. The molecule has 1 heterocycles. The number of hydrogen-bond acceptors (Lipinski definition) is 2. The van der Waals surface area contributed by atoms with Gasteiger partial charge in [0.2, 0.25) is 0 Å². The van der Waals surface area contributed by atoms with Gasteiger partial charge in [-0.15, -0.1) is 0 Å². The van der Waals surface area contributed by atoms with Crippen molar-refractivity contribution in [2.45, 2.75) is 19.4 Å². The zero-order chi connectivity index (χ0) is 12.1. The number of likely N-dealkylation sites (N-methyl/N-ethyl adjacent to an activating group) is 1. The van der Waals surface area contributed by atoms with Crippen molar-refractivity contribution < 1.29 is 0 Å². The number of benzene rings is 1. The number of rotatable bonds is 4. The van der Waals surface area contributed by atoms with Gasteiger partial charge in [0.15, 0.2) is 0 Å². The van der Waals surface area contributed by atoms with E-state index in [4.69, 9.17) is 0 Å². The predicted molar refractivity (Wildman–Crippen MR) is 70.9 cm³/mol. The van der Waals surface area contributed by atoms with Crippen LogP contribution >= 0.6 is 0 Å². The summed E-state index contributed by atoms with van der Waals surface area (Å²) >= 11 is 0. The van der Waals surface area contributed by atoms with E-state index in [9.17, 15) is 0 Å². The molecule has 0 unspecified atom stereocenters. The standard InChI is InChI=1S/C15H18N2/c1-12-3-5-14(6-4-12)15(16-2)11-13-7-9-17-10-8-13/h3-10,15-16H,11H2,1-2H3/t15-/m1/s1. The maximum atomic E-state index is 4.04. The lowest BCUT2D eigenvalue weighted by molar-refractivity contribution is 0.591. The second-order valence-electron chi connectivity index (χ2n) is 4.31. The van der Waals surface area contributed by atoms with Gasteiger partial charge in [-0.1, -0.05) is 29.8 Å². The van der Waals surface area contributed by atoms with E-state index >= 15 is 0 Å². The Balaban J connectivity index is 2.14. The first-order valence-electron chi connectivity index (χ1n) is 5.92. The van der Waals surface area contributed by atoms with Crippen LogP contribution in [0.4, 0.5) is 0 Å². The van der Waals surface area contributed by atoms with Crippen LogP contribution in [-0.4, -0.2) is 12.0 Å². The second-order valence-corrected chi connectivity index (χ2v) is 4.31. The van der Waals surface area contributed by atoms with Gasteiger partial charge in [0.1, 0.15) is 0 Å². The van der Waals surface area contributed by atoms with Gasteiger partial charge in [-0.05, 0) is 43.7 Å². The van der Waals surface area contributed by atoms with Crippen molar-refractivity contribution >= 4 is 0 Å². The van der Waals surface area contributed by atoms with E-state index in [-0.39, 0.29) is 0 Å². The van der Waals surface area contributed by atoms with Crippen LogP contribution in [0.25, 0.3) is 0 Å². The molecule has 17 heavy (non-hydrogen) atoms. The average Bonchev–Trinajstić information content (AvgIpc) is 2.38. The summed E-state index contributed by atoms with van der Waals surface area (Å²) in [5.41, 5.74) is 3.93. The molecule has 0 amide bonds. The van der Waals surface area contributed by atoms with Gasteiger partial charge in [-0.25, -0.2) is 0 Å². The molecule has 0 saturated carbocycles. The largest absolute Gasteiger partial charge is 0.313 e. The highest BCUT2D eigenvalue weighted by atomic mass is 14.9. The fourth-order valence-corrected chi connectivity index (χ4v) is 1.94.